The molecule has 1 aliphatic carbocycles. The largest absolute Gasteiger partial charge is 4.00 e. The third kappa shape index (κ3) is 9.37. The van der Waals surface area contributed by atoms with E-state index in [0.717, 1.165) is 30.2 Å². The molecule has 0 bridgehead atoms. The first-order chi connectivity index (χ1) is 12.4. The van der Waals surface area contributed by atoms with Gasteiger partial charge in [0.1, 0.15) is 0 Å². The summed E-state index contributed by atoms with van der Waals surface area (Å²) in [5.41, 5.74) is 5.51. The minimum Gasteiger partial charge on any atom is -0.857 e. The average molecular weight is 399 g/mol. The first-order valence-electron chi connectivity index (χ1n) is 8.17. The summed E-state index contributed by atoms with van der Waals surface area (Å²) >= 11 is 0. The SMILES string of the molecule is C[O-].C[O-].C[SiH]C.[Ti+4].[c-]1cccc2c1Cc1ccccc1-2.c1cc[cH-]c1. The van der Waals surface area contributed by atoms with Crippen LogP contribution in [0, 0.1) is 6.07 Å². The molecule has 0 saturated heterocycles. The minimum atomic E-state index is 0. The van der Waals surface area contributed by atoms with E-state index in [0.29, 0.717) is 0 Å². The third-order valence-corrected chi connectivity index (χ3v) is 3.17. The number of rotatable bonds is 0. The van der Waals surface area contributed by atoms with Crippen LogP contribution in [-0.4, -0.2) is 23.7 Å². The summed E-state index contributed by atoms with van der Waals surface area (Å²) in [6, 6.07) is 28.1. The Labute approximate surface area is 176 Å². The van der Waals surface area contributed by atoms with E-state index >= 15 is 0 Å². The Morgan fingerprint density at radius 1 is 0.846 bits per heavy atom. The van der Waals surface area contributed by atoms with E-state index < -0.39 is 0 Å². The van der Waals surface area contributed by atoms with Gasteiger partial charge in [0.2, 0.25) is 0 Å². The maximum atomic E-state index is 8.25. The van der Waals surface area contributed by atoms with E-state index in [1.165, 1.54) is 22.3 Å². The van der Waals surface area contributed by atoms with Gasteiger partial charge in [-0.15, -0.1) is 5.56 Å². The molecule has 0 atom stereocenters. The minimum absolute atomic E-state index is 0. The maximum Gasteiger partial charge on any atom is 4.00 e. The van der Waals surface area contributed by atoms with Crippen molar-refractivity contribution in [2.75, 3.05) is 14.2 Å². The van der Waals surface area contributed by atoms with Crippen molar-refractivity contribution in [3.05, 3.63) is 90.0 Å². The van der Waals surface area contributed by atoms with Gasteiger partial charge in [-0.2, -0.15) is 62.2 Å². The van der Waals surface area contributed by atoms with Crippen molar-refractivity contribution in [1.29, 1.82) is 0 Å². The molecule has 3 aromatic rings. The van der Waals surface area contributed by atoms with Gasteiger partial charge in [-0.1, -0.05) is 48.5 Å². The molecule has 0 saturated carbocycles. The van der Waals surface area contributed by atoms with Crippen molar-refractivity contribution in [2.45, 2.75) is 19.5 Å². The summed E-state index contributed by atoms with van der Waals surface area (Å²) in [5, 5.41) is 16.5. The van der Waals surface area contributed by atoms with Gasteiger partial charge in [-0.25, -0.2) is 12.1 Å². The number of hydrogen-bond acceptors (Lipinski definition) is 2. The molecule has 4 rings (SSSR count). The van der Waals surface area contributed by atoms with Crippen LogP contribution in [0.3, 0.4) is 0 Å². The summed E-state index contributed by atoms with van der Waals surface area (Å²) in [6.07, 6.45) is 1.05. The second-order valence-electron chi connectivity index (χ2n) is 4.94. The van der Waals surface area contributed by atoms with E-state index in [1.54, 1.807) is 0 Å². The molecule has 4 heteroatoms. The molecule has 0 fully saturated rings. The Morgan fingerprint density at radius 3 is 1.92 bits per heavy atom. The molecular formula is C22H27O2SiTi. The molecule has 2 nitrogen and oxygen atoms in total. The summed E-state index contributed by atoms with van der Waals surface area (Å²) in [6.45, 7) is 4.42. The Kier molecular flexibility index (Phi) is 19.0. The summed E-state index contributed by atoms with van der Waals surface area (Å²) in [5.74, 6) is 0. The second-order valence-corrected chi connectivity index (χ2v) is 6.09. The van der Waals surface area contributed by atoms with Crippen molar-refractivity contribution in [2.24, 2.45) is 0 Å². The molecule has 0 amide bonds. The van der Waals surface area contributed by atoms with Gasteiger partial charge < -0.3 is 10.2 Å². The molecule has 0 aliphatic heterocycles. The van der Waals surface area contributed by atoms with E-state index in [4.69, 9.17) is 10.2 Å². The zero-order valence-corrected chi connectivity index (χ0v) is 18.7. The molecule has 1 radical (unpaired) electrons. The van der Waals surface area contributed by atoms with Gasteiger partial charge >= 0.3 is 21.7 Å². The van der Waals surface area contributed by atoms with Crippen molar-refractivity contribution in [3.8, 4) is 11.1 Å². The number of hydrogen-bond donors (Lipinski definition) is 0. The van der Waals surface area contributed by atoms with Crippen molar-refractivity contribution in [3.63, 3.8) is 0 Å². The van der Waals surface area contributed by atoms with Gasteiger partial charge in [-0.3, -0.25) is 0 Å². The Balaban J connectivity index is 0. The summed E-state index contributed by atoms with van der Waals surface area (Å²) in [7, 11) is 2.25. The molecule has 0 aromatic heterocycles. The maximum absolute atomic E-state index is 8.25. The monoisotopic (exact) mass is 399 g/mol. The quantitative estimate of drug-likeness (QED) is 0.337. The fourth-order valence-electron chi connectivity index (χ4n) is 2.32. The van der Waals surface area contributed by atoms with Crippen LogP contribution >= 0.6 is 0 Å². The molecule has 3 aromatic carbocycles. The zero-order chi connectivity index (χ0) is 18.9. The van der Waals surface area contributed by atoms with Crippen molar-refractivity contribution >= 4 is 9.52 Å². The van der Waals surface area contributed by atoms with Crippen LogP contribution in [0.4, 0.5) is 0 Å². The molecule has 0 heterocycles. The van der Waals surface area contributed by atoms with Gasteiger partial charge in [0.05, 0.1) is 0 Å². The number of benzene rings is 2. The average Bonchev–Trinajstić information content (AvgIpc) is 3.37. The summed E-state index contributed by atoms with van der Waals surface area (Å²) in [4.78, 5) is 0. The van der Waals surface area contributed by atoms with Crippen molar-refractivity contribution < 1.29 is 31.9 Å². The van der Waals surface area contributed by atoms with Gasteiger partial charge in [0.15, 0.2) is 0 Å². The van der Waals surface area contributed by atoms with Crippen LogP contribution < -0.4 is 10.2 Å². The molecule has 135 valence electrons. The normalized spacial score (nSPS) is 8.85. The van der Waals surface area contributed by atoms with Crippen LogP contribution in [0.2, 0.25) is 13.1 Å². The topological polar surface area (TPSA) is 46.1 Å². The van der Waals surface area contributed by atoms with Crippen LogP contribution in [-0.2, 0) is 28.1 Å². The molecule has 0 N–H and O–H groups in total. The van der Waals surface area contributed by atoms with E-state index in [2.05, 4.69) is 55.6 Å². The molecule has 1 aliphatic rings. The van der Waals surface area contributed by atoms with E-state index in [1.807, 2.05) is 36.4 Å². The van der Waals surface area contributed by atoms with Crippen molar-refractivity contribution in [1.82, 2.24) is 0 Å². The van der Waals surface area contributed by atoms with Crippen LogP contribution in [0.5, 0.6) is 0 Å². The standard InChI is InChI=1S/C13H9.C5H5.C2H7Si.2CH3O.Ti/c1-3-7-12-10(5-1)9-11-6-2-4-8-13(11)12;1-2-4-5-3-1;1-3-2;2*1-2;/h1-5,7-8H,9H2;1-5H;3H,1-2H3;2*1H3;/q2*-1;;2*-1;+4. The first kappa shape index (κ1) is 26.9. The smallest absolute Gasteiger partial charge is 0.857 e. The first-order valence-corrected chi connectivity index (χ1v) is 10.5. The van der Waals surface area contributed by atoms with Gasteiger partial charge in [0.25, 0.3) is 0 Å². The predicted molar refractivity (Wildman–Crippen MR) is 106 cm³/mol. The van der Waals surface area contributed by atoms with E-state index in [9.17, 15) is 0 Å². The molecule has 0 unspecified atom stereocenters. The van der Waals surface area contributed by atoms with Gasteiger partial charge in [0, 0.05) is 9.52 Å². The van der Waals surface area contributed by atoms with Crippen LogP contribution in [0.1, 0.15) is 11.1 Å². The third-order valence-electron chi connectivity index (χ3n) is 3.17. The Hall–Kier alpha value is -1.36. The van der Waals surface area contributed by atoms with Crippen LogP contribution in [0.15, 0.2) is 72.8 Å². The Morgan fingerprint density at radius 2 is 1.38 bits per heavy atom. The Bertz CT molecular complexity index is 594. The number of fused-ring (bicyclic) bond motifs is 3. The van der Waals surface area contributed by atoms with Crippen LogP contribution in [0.25, 0.3) is 11.1 Å². The fraction of sp³-hybridized carbons (Fsp3) is 0.227. The zero-order valence-electron chi connectivity index (χ0n) is 16.0. The predicted octanol–water partition coefficient (Wildman–Crippen LogP) is 2.93. The molecule has 0 spiro atoms. The summed E-state index contributed by atoms with van der Waals surface area (Å²) < 4.78 is 0. The molecular weight excluding hydrogens is 372 g/mol. The second kappa shape index (κ2) is 18.4. The van der Waals surface area contributed by atoms with E-state index in [-0.39, 0.29) is 21.7 Å². The molecule has 26 heavy (non-hydrogen) atoms. The van der Waals surface area contributed by atoms with Gasteiger partial charge in [-0.05, 0) is 6.42 Å². The fourth-order valence-corrected chi connectivity index (χ4v) is 2.32.